The van der Waals surface area contributed by atoms with Gasteiger partial charge in [0.1, 0.15) is 11.8 Å². The number of amides is 1. The summed E-state index contributed by atoms with van der Waals surface area (Å²) in [5.41, 5.74) is 2.50. The van der Waals surface area contributed by atoms with Gasteiger partial charge in [0.2, 0.25) is 5.91 Å². The van der Waals surface area contributed by atoms with Gasteiger partial charge in [-0.25, -0.2) is 0 Å². The molecule has 0 fully saturated rings. The Hall–Kier alpha value is -3.51. The van der Waals surface area contributed by atoms with E-state index >= 15 is 0 Å². The molecule has 0 radical (unpaired) electrons. The third-order valence-corrected chi connectivity index (χ3v) is 5.05. The summed E-state index contributed by atoms with van der Waals surface area (Å²) < 4.78 is 16.3. The maximum atomic E-state index is 13.4. The van der Waals surface area contributed by atoms with Gasteiger partial charge >= 0.3 is 0 Å². The van der Waals surface area contributed by atoms with Crippen molar-refractivity contribution < 1.29 is 19.0 Å². The molecule has 31 heavy (non-hydrogen) atoms. The number of anilines is 1. The minimum absolute atomic E-state index is 0.135. The van der Waals surface area contributed by atoms with Crippen molar-refractivity contribution in [3.63, 3.8) is 0 Å². The van der Waals surface area contributed by atoms with Crippen LogP contribution in [0.1, 0.15) is 17.2 Å². The highest BCUT2D eigenvalue weighted by Crippen LogP contribution is 2.33. The average Bonchev–Trinajstić information content (AvgIpc) is 2.79. The van der Waals surface area contributed by atoms with Crippen LogP contribution in [0, 0.1) is 0 Å². The lowest BCUT2D eigenvalue weighted by Crippen LogP contribution is -2.34. The van der Waals surface area contributed by atoms with E-state index in [2.05, 4.69) is 5.32 Å². The molecule has 0 heterocycles. The number of hydrogen-bond acceptors (Lipinski definition) is 5. The highest BCUT2D eigenvalue weighted by atomic mass is 16.5. The van der Waals surface area contributed by atoms with Crippen LogP contribution in [0.5, 0.6) is 17.2 Å². The van der Waals surface area contributed by atoms with Gasteiger partial charge in [0.05, 0.1) is 21.3 Å². The van der Waals surface area contributed by atoms with Crippen molar-refractivity contribution >= 4 is 11.6 Å². The lowest BCUT2D eigenvalue weighted by Gasteiger charge is -2.28. The Kier molecular flexibility index (Phi) is 7.51. The van der Waals surface area contributed by atoms with Crippen LogP contribution < -0.4 is 19.5 Å². The Bertz CT molecular complexity index is 1010. The molecule has 0 spiro atoms. The predicted molar refractivity (Wildman–Crippen MR) is 122 cm³/mol. The van der Waals surface area contributed by atoms with E-state index in [-0.39, 0.29) is 5.91 Å². The first-order chi connectivity index (χ1) is 15.1. The number of ether oxygens (including phenoxy) is 3. The van der Waals surface area contributed by atoms with Crippen molar-refractivity contribution in [1.82, 2.24) is 4.90 Å². The molecule has 6 heteroatoms. The second-order valence-electron chi connectivity index (χ2n) is 7.10. The first-order valence-corrected chi connectivity index (χ1v) is 9.97. The second kappa shape index (κ2) is 10.5. The Balaban J connectivity index is 1.90. The molecule has 0 bridgehead atoms. The fourth-order valence-corrected chi connectivity index (χ4v) is 3.59. The van der Waals surface area contributed by atoms with Crippen LogP contribution >= 0.6 is 0 Å². The Labute approximate surface area is 183 Å². The molecule has 162 valence electrons. The Morgan fingerprint density at radius 1 is 0.903 bits per heavy atom. The number of benzene rings is 3. The number of nitrogens with zero attached hydrogens (tertiary/aromatic N) is 1. The van der Waals surface area contributed by atoms with Crippen LogP contribution in [-0.2, 0) is 11.3 Å². The van der Waals surface area contributed by atoms with Crippen LogP contribution in [0.15, 0.2) is 72.8 Å². The van der Waals surface area contributed by atoms with Crippen LogP contribution in [0.2, 0.25) is 0 Å². The number of rotatable bonds is 9. The number of nitrogens with one attached hydrogen (secondary N) is 1. The van der Waals surface area contributed by atoms with Crippen molar-refractivity contribution in [2.24, 2.45) is 0 Å². The molecule has 0 aliphatic heterocycles. The summed E-state index contributed by atoms with van der Waals surface area (Å²) in [6, 6.07) is 22.3. The van der Waals surface area contributed by atoms with E-state index in [1.165, 1.54) is 0 Å². The summed E-state index contributed by atoms with van der Waals surface area (Å²) in [7, 11) is 6.75. The number of methoxy groups -OCH3 is 3. The van der Waals surface area contributed by atoms with Gasteiger partial charge < -0.3 is 19.5 Å². The fourth-order valence-electron chi connectivity index (χ4n) is 3.59. The molecule has 3 aromatic carbocycles. The summed E-state index contributed by atoms with van der Waals surface area (Å²) >= 11 is 0. The number of para-hydroxylation sites is 1. The predicted octanol–water partition coefficient (Wildman–Crippen LogP) is 4.52. The molecule has 1 amide bonds. The van der Waals surface area contributed by atoms with E-state index in [9.17, 15) is 4.79 Å². The SMILES string of the molecule is COc1cccc(NC(=O)[C@@H](c2ccccc2)N(C)Cc2cccc(OC)c2OC)c1. The van der Waals surface area contributed by atoms with Crippen molar-refractivity contribution in [2.45, 2.75) is 12.6 Å². The van der Waals surface area contributed by atoms with Crippen molar-refractivity contribution in [1.29, 1.82) is 0 Å². The lowest BCUT2D eigenvalue weighted by molar-refractivity contribution is -0.121. The minimum atomic E-state index is -0.511. The van der Waals surface area contributed by atoms with E-state index < -0.39 is 6.04 Å². The molecule has 6 nitrogen and oxygen atoms in total. The molecule has 1 atom stereocenters. The number of carbonyl (C=O) groups is 1. The smallest absolute Gasteiger partial charge is 0.246 e. The quantitative estimate of drug-likeness (QED) is 0.551. The zero-order chi connectivity index (χ0) is 22.2. The van der Waals surface area contributed by atoms with Gasteiger partial charge in [-0.2, -0.15) is 0 Å². The number of likely N-dealkylation sites (N-methyl/N-ethyl adjacent to an activating group) is 1. The topological polar surface area (TPSA) is 60.0 Å². The van der Waals surface area contributed by atoms with Gasteiger partial charge in [-0.3, -0.25) is 9.69 Å². The number of carbonyl (C=O) groups excluding carboxylic acids is 1. The van der Waals surface area contributed by atoms with E-state index in [4.69, 9.17) is 14.2 Å². The summed E-state index contributed by atoms with van der Waals surface area (Å²) in [6.07, 6.45) is 0. The summed E-state index contributed by atoms with van der Waals surface area (Å²) in [4.78, 5) is 15.4. The average molecular weight is 421 g/mol. The molecule has 0 saturated carbocycles. The first kappa shape index (κ1) is 22.2. The third kappa shape index (κ3) is 5.35. The summed E-state index contributed by atoms with van der Waals surface area (Å²) in [5.74, 6) is 1.87. The van der Waals surface area contributed by atoms with Crippen LogP contribution in [-0.4, -0.2) is 39.2 Å². The van der Waals surface area contributed by atoms with E-state index in [1.807, 2.05) is 78.7 Å². The molecule has 1 N–H and O–H groups in total. The van der Waals surface area contributed by atoms with Gasteiger partial charge in [-0.15, -0.1) is 0 Å². The van der Waals surface area contributed by atoms with Gasteiger partial charge in [0, 0.05) is 23.9 Å². The molecule has 3 aromatic rings. The second-order valence-corrected chi connectivity index (χ2v) is 7.10. The molecule has 0 unspecified atom stereocenters. The highest BCUT2D eigenvalue weighted by Gasteiger charge is 2.26. The van der Waals surface area contributed by atoms with Gasteiger partial charge in [0.15, 0.2) is 11.5 Å². The third-order valence-electron chi connectivity index (χ3n) is 5.05. The molecular formula is C25H28N2O4. The van der Waals surface area contributed by atoms with Crippen molar-refractivity contribution in [3.8, 4) is 17.2 Å². The Morgan fingerprint density at radius 3 is 2.32 bits per heavy atom. The summed E-state index contributed by atoms with van der Waals surface area (Å²) in [6.45, 7) is 0.492. The molecule has 0 aromatic heterocycles. The van der Waals surface area contributed by atoms with Gasteiger partial charge in [-0.05, 0) is 30.8 Å². The van der Waals surface area contributed by atoms with Crippen LogP contribution in [0.25, 0.3) is 0 Å². The number of hydrogen-bond donors (Lipinski definition) is 1. The fraction of sp³-hybridized carbons (Fsp3) is 0.240. The first-order valence-electron chi connectivity index (χ1n) is 9.97. The maximum absolute atomic E-state index is 13.4. The standard InChI is InChI=1S/C25H28N2O4/c1-27(17-19-12-8-15-22(30-3)24(19)31-4)23(18-10-6-5-7-11-18)25(28)26-20-13-9-14-21(16-20)29-2/h5-16,23H,17H2,1-4H3,(H,26,28)/t23-/m1/s1. The minimum Gasteiger partial charge on any atom is -0.497 e. The Morgan fingerprint density at radius 2 is 1.65 bits per heavy atom. The van der Waals surface area contributed by atoms with Crippen molar-refractivity contribution in [3.05, 3.63) is 83.9 Å². The molecule has 0 saturated heterocycles. The van der Waals surface area contributed by atoms with Gasteiger partial charge in [-0.1, -0.05) is 48.5 Å². The van der Waals surface area contributed by atoms with Crippen LogP contribution in [0.3, 0.4) is 0 Å². The largest absolute Gasteiger partial charge is 0.497 e. The van der Waals surface area contributed by atoms with Crippen LogP contribution in [0.4, 0.5) is 5.69 Å². The molecule has 0 aliphatic rings. The van der Waals surface area contributed by atoms with Crippen molar-refractivity contribution in [2.75, 3.05) is 33.7 Å². The zero-order valence-corrected chi connectivity index (χ0v) is 18.3. The van der Waals surface area contributed by atoms with Gasteiger partial charge in [0.25, 0.3) is 0 Å². The normalized spacial score (nSPS) is 11.6. The van der Waals surface area contributed by atoms with E-state index in [0.29, 0.717) is 29.5 Å². The van der Waals surface area contributed by atoms with E-state index in [0.717, 1.165) is 11.1 Å². The van der Waals surface area contributed by atoms with E-state index in [1.54, 1.807) is 27.4 Å². The molecular weight excluding hydrogens is 392 g/mol. The zero-order valence-electron chi connectivity index (χ0n) is 18.3. The summed E-state index contributed by atoms with van der Waals surface area (Å²) in [5, 5.41) is 3.02. The maximum Gasteiger partial charge on any atom is 0.246 e. The molecule has 3 rings (SSSR count). The monoisotopic (exact) mass is 420 g/mol. The highest BCUT2D eigenvalue weighted by molar-refractivity contribution is 5.95. The lowest BCUT2D eigenvalue weighted by atomic mass is 10.0. The molecule has 0 aliphatic carbocycles.